The Morgan fingerprint density at radius 1 is 1.42 bits per heavy atom. The zero-order valence-electron chi connectivity index (χ0n) is 13.0. The van der Waals surface area contributed by atoms with Gasteiger partial charge in [0.15, 0.2) is 5.69 Å². The average Bonchev–Trinajstić information content (AvgIpc) is 2.94. The quantitative estimate of drug-likeness (QED) is 0.829. The predicted octanol–water partition coefficient (Wildman–Crippen LogP) is 2.28. The van der Waals surface area contributed by atoms with E-state index < -0.39 is 23.7 Å². The molecule has 1 aromatic carbocycles. The maximum absolute atomic E-state index is 14.1. The zero-order chi connectivity index (χ0) is 17.9. The highest BCUT2D eigenvalue weighted by Gasteiger charge is 2.22. The molecule has 2 aromatic rings. The fraction of sp³-hybridized carbons (Fsp3) is 0.333. The summed E-state index contributed by atoms with van der Waals surface area (Å²) in [6, 6.07) is 3.71. The molecule has 24 heavy (non-hydrogen) atoms. The van der Waals surface area contributed by atoms with E-state index in [0.717, 1.165) is 10.9 Å². The molecule has 0 aliphatic heterocycles. The number of aromatic nitrogens is 3. The van der Waals surface area contributed by atoms with Gasteiger partial charge in [-0.2, -0.15) is 0 Å². The fourth-order valence-corrected chi connectivity index (χ4v) is 2.36. The van der Waals surface area contributed by atoms with E-state index in [0.29, 0.717) is 5.56 Å². The fourth-order valence-electron chi connectivity index (χ4n) is 2.20. The van der Waals surface area contributed by atoms with Crippen LogP contribution in [0.25, 0.3) is 0 Å². The van der Waals surface area contributed by atoms with Crippen LogP contribution in [-0.2, 0) is 11.3 Å². The Labute approximate surface area is 142 Å². The number of carbonyl (C=O) groups is 2. The first-order valence-electron chi connectivity index (χ1n) is 7.15. The number of nitrogens with zero attached hydrogens (tertiary/aromatic N) is 3. The third-order valence-electron chi connectivity index (χ3n) is 3.34. The molecule has 1 amide bonds. The van der Waals surface area contributed by atoms with E-state index in [1.807, 2.05) is 13.8 Å². The van der Waals surface area contributed by atoms with Crippen molar-refractivity contribution < 1.29 is 19.1 Å². The Morgan fingerprint density at radius 3 is 2.67 bits per heavy atom. The van der Waals surface area contributed by atoms with Crippen molar-refractivity contribution in [3.8, 4) is 0 Å². The molecule has 1 heterocycles. The van der Waals surface area contributed by atoms with Crippen LogP contribution in [0, 0.1) is 11.7 Å². The molecule has 0 fully saturated rings. The average molecular weight is 355 g/mol. The number of rotatable bonds is 6. The summed E-state index contributed by atoms with van der Waals surface area (Å²) in [6.45, 7) is 3.46. The maximum Gasteiger partial charge on any atom is 0.358 e. The van der Waals surface area contributed by atoms with Crippen LogP contribution >= 0.6 is 11.6 Å². The number of carboxylic acids is 1. The SMILES string of the molecule is CC(C)C(NC(=O)Cn1cc(C(=O)O)nn1)c1ccc(Cl)cc1F. The molecule has 2 N–H and O–H groups in total. The third kappa shape index (κ3) is 4.29. The van der Waals surface area contributed by atoms with E-state index in [9.17, 15) is 14.0 Å². The van der Waals surface area contributed by atoms with Gasteiger partial charge >= 0.3 is 5.97 Å². The molecule has 0 aliphatic carbocycles. The number of nitrogens with one attached hydrogen (secondary N) is 1. The van der Waals surface area contributed by atoms with Gasteiger partial charge in [-0.05, 0) is 18.1 Å². The van der Waals surface area contributed by atoms with Crippen LogP contribution in [0.4, 0.5) is 4.39 Å². The Bertz CT molecular complexity index is 763. The van der Waals surface area contributed by atoms with Gasteiger partial charge in [-0.25, -0.2) is 13.9 Å². The van der Waals surface area contributed by atoms with Crippen LogP contribution < -0.4 is 5.32 Å². The topological polar surface area (TPSA) is 97.1 Å². The van der Waals surface area contributed by atoms with Crippen molar-refractivity contribution in [3.63, 3.8) is 0 Å². The van der Waals surface area contributed by atoms with Crippen LogP contribution in [0.5, 0.6) is 0 Å². The van der Waals surface area contributed by atoms with Crippen molar-refractivity contribution in [2.45, 2.75) is 26.4 Å². The van der Waals surface area contributed by atoms with Gasteiger partial charge in [-0.3, -0.25) is 4.79 Å². The summed E-state index contributed by atoms with van der Waals surface area (Å²) in [4.78, 5) is 22.9. The summed E-state index contributed by atoms with van der Waals surface area (Å²) in [5, 5.41) is 18.8. The lowest BCUT2D eigenvalue weighted by molar-refractivity contribution is -0.123. The molecular formula is C15H16ClFN4O3. The second-order valence-electron chi connectivity index (χ2n) is 5.56. The van der Waals surface area contributed by atoms with Gasteiger partial charge in [0.25, 0.3) is 0 Å². The number of benzene rings is 1. The van der Waals surface area contributed by atoms with Crippen molar-refractivity contribution >= 4 is 23.5 Å². The van der Waals surface area contributed by atoms with Gasteiger partial charge in [0.2, 0.25) is 5.91 Å². The molecule has 0 saturated carbocycles. The van der Waals surface area contributed by atoms with Gasteiger partial charge in [0.1, 0.15) is 12.4 Å². The van der Waals surface area contributed by atoms with Gasteiger partial charge in [0.05, 0.1) is 12.2 Å². The normalized spacial score (nSPS) is 12.2. The Balaban J connectivity index is 2.12. The van der Waals surface area contributed by atoms with Gasteiger partial charge < -0.3 is 10.4 Å². The highest BCUT2D eigenvalue weighted by molar-refractivity contribution is 6.30. The monoisotopic (exact) mass is 354 g/mol. The van der Waals surface area contributed by atoms with E-state index in [1.165, 1.54) is 12.1 Å². The summed E-state index contributed by atoms with van der Waals surface area (Å²) >= 11 is 5.75. The van der Waals surface area contributed by atoms with E-state index in [-0.39, 0.29) is 23.2 Å². The first-order chi connectivity index (χ1) is 11.3. The highest BCUT2D eigenvalue weighted by atomic mass is 35.5. The number of hydrogen-bond acceptors (Lipinski definition) is 4. The summed E-state index contributed by atoms with van der Waals surface area (Å²) in [5.74, 6) is -2.25. The number of aromatic carboxylic acids is 1. The number of hydrogen-bond donors (Lipinski definition) is 2. The van der Waals surface area contributed by atoms with Crippen molar-refractivity contribution in [2.24, 2.45) is 5.92 Å². The van der Waals surface area contributed by atoms with Crippen molar-refractivity contribution in [1.82, 2.24) is 20.3 Å². The summed E-state index contributed by atoms with van der Waals surface area (Å²) in [6.07, 6.45) is 1.15. The van der Waals surface area contributed by atoms with Crippen LogP contribution in [0.15, 0.2) is 24.4 Å². The molecule has 1 aromatic heterocycles. The lowest BCUT2D eigenvalue weighted by atomic mass is 9.95. The Morgan fingerprint density at radius 2 is 2.12 bits per heavy atom. The molecule has 128 valence electrons. The molecule has 0 saturated heterocycles. The van der Waals surface area contributed by atoms with Gasteiger partial charge in [-0.15, -0.1) is 5.10 Å². The van der Waals surface area contributed by atoms with Crippen molar-refractivity contribution in [1.29, 1.82) is 0 Å². The van der Waals surface area contributed by atoms with Crippen LogP contribution in [0.3, 0.4) is 0 Å². The van der Waals surface area contributed by atoms with Gasteiger partial charge in [0, 0.05) is 10.6 Å². The zero-order valence-corrected chi connectivity index (χ0v) is 13.8. The standard InChI is InChI=1S/C15H16ClFN4O3/c1-8(2)14(10-4-3-9(16)5-11(10)17)18-13(22)7-21-6-12(15(23)24)19-20-21/h3-6,8,14H,7H2,1-2H3,(H,18,22)(H,23,24). The molecular weight excluding hydrogens is 339 g/mol. The molecule has 0 aliphatic rings. The summed E-state index contributed by atoms with van der Waals surface area (Å²) in [5.41, 5.74) is 0.0690. The van der Waals surface area contributed by atoms with Crippen LogP contribution in [0.2, 0.25) is 5.02 Å². The number of halogens is 2. The summed E-state index contributed by atoms with van der Waals surface area (Å²) < 4.78 is 15.2. The second-order valence-corrected chi connectivity index (χ2v) is 6.00. The Hall–Kier alpha value is -2.48. The summed E-state index contributed by atoms with van der Waals surface area (Å²) in [7, 11) is 0. The van der Waals surface area contributed by atoms with Crippen molar-refractivity contribution in [3.05, 3.63) is 46.5 Å². The number of carboxylic acid groups (broad SMARTS) is 1. The predicted molar refractivity (Wildman–Crippen MR) is 84.1 cm³/mol. The molecule has 1 unspecified atom stereocenters. The van der Waals surface area contributed by atoms with Gasteiger partial charge in [-0.1, -0.05) is 36.7 Å². The third-order valence-corrected chi connectivity index (χ3v) is 3.58. The molecule has 7 nitrogen and oxygen atoms in total. The lowest BCUT2D eigenvalue weighted by Crippen LogP contribution is -2.34. The molecule has 0 spiro atoms. The van der Waals surface area contributed by atoms with E-state index in [2.05, 4.69) is 15.6 Å². The second kappa shape index (κ2) is 7.39. The van der Waals surface area contributed by atoms with Crippen molar-refractivity contribution in [2.75, 3.05) is 0 Å². The highest BCUT2D eigenvalue weighted by Crippen LogP contribution is 2.26. The lowest BCUT2D eigenvalue weighted by Gasteiger charge is -2.23. The minimum Gasteiger partial charge on any atom is -0.476 e. The molecule has 9 heteroatoms. The molecule has 0 bridgehead atoms. The van der Waals surface area contributed by atoms with Crippen LogP contribution in [-0.4, -0.2) is 32.0 Å². The number of amides is 1. The molecule has 1 atom stereocenters. The Kier molecular flexibility index (Phi) is 5.50. The first-order valence-corrected chi connectivity index (χ1v) is 7.53. The molecule has 0 radical (unpaired) electrons. The van der Waals surface area contributed by atoms with E-state index in [4.69, 9.17) is 16.7 Å². The minimum atomic E-state index is -1.23. The van der Waals surface area contributed by atoms with E-state index in [1.54, 1.807) is 6.07 Å². The van der Waals surface area contributed by atoms with Crippen LogP contribution in [0.1, 0.15) is 35.9 Å². The largest absolute Gasteiger partial charge is 0.476 e. The maximum atomic E-state index is 14.1. The minimum absolute atomic E-state index is 0.0741. The smallest absolute Gasteiger partial charge is 0.358 e. The number of carbonyl (C=O) groups excluding carboxylic acids is 1. The van der Waals surface area contributed by atoms with E-state index >= 15 is 0 Å². The first kappa shape index (κ1) is 17.9. The molecule has 2 rings (SSSR count).